The van der Waals surface area contributed by atoms with Gasteiger partial charge in [-0.25, -0.2) is 13.4 Å². The van der Waals surface area contributed by atoms with Crippen LogP contribution >= 0.6 is 24.0 Å². The summed E-state index contributed by atoms with van der Waals surface area (Å²) in [6, 6.07) is 7.23. The number of hydrogen-bond donors (Lipinski definition) is 1. The number of aliphatic imine (C=N–C) groups is 1. The summed E-state index contributed by atoms with van der Waals surface area (Å²) in [7, 11) is -3.38. The standard InChI is InChI=1S/C22H34N4O3S.HI/c1-2-23-21(25-14-10-22(17-25)11-15-29-18-22)24-16-19-6-8-20(9-7-19)30(27,28)26-12-4-3-5-13-26;/h6-9H,2-5,10-18H2,1H3,(H,23,24);1H. The molecule has 3 aliphatic heterocycles. The number of halogens is 1. The highest BCUT2D eigenvalue weighted by Gasteiger charge is 2.42. The molecular weight excluding hydrogens is 527 g/mol. The molecule has 0 saturated carbocycles. The average Bonchev–Trinajstić information content (AvgIpc) is 3.42. The zero-order chi connectivity index (χ0) is 21.0. The van der Waals surface area contributed by atoms with E-state index in [2.05, 4.69) is 17.1 Å². The van der Waals surface area contributed by atoms with Crippen molar-refractivity contribution in [2.75, 3.05) is 45.9 Å². The summed E-state index contributed by atoms with van der Waals surface area (Å²) >= 11 is 0. The number of piperidine rings is 1. The lowest BCUT2D eigenvalue weighted by Crippen LogP contribution is -2.41. The van der Waals surface area contributed by atoms with Gasteiger partial charge in [0.05, 0.1) is 18.0 Å². The van der Waals surface area contributed by atoms with Gasteiger partial charge >= 0.3 is 0 Å². The van der Waals surface area contributed by atoms with Crippen LogP contribution in [0.25, 0.3) is 0 Å². The summed E-state index contributed by atoms with van der Waals surface area (Å²) in [5.74, 6) is 0.936. The minimum atomic E-state index is -3.38. The topological polar surface area (TPSA) is 74.2 Å². The molecule has 1 spiro atoms. The molecule has 7 nitrogen and oxygen atoms in total. The Balaban J connectivity index is 0.00000272. The molecule has 1 aromatic rings. The number of ether oxygens (including phenoxy) is 1. The molecular formula is C22H35IN4O3S. The summed E-state index contributed by atoms with van der Waals surface area (Å²) in [5.41, 5.74) is 1.31. The van der Waals surface area contributed by atoms with Crippen molar-refractivity contribution in [3.8, 4) is 0 Å². The van der Waals surface area contributed by atoms with Crippen LogP contribution in [0.1, 0.15) is 44.6 Å². The van der Waals surface area contributed by atoms with Gasteiger partial charge in [-0.3, -0.25) is 0 Å². The monoisotopic (exact) mass is 562 g/mol. The van der Waals surface area contributed by atoms with Crippen molar-refractivity contribution in [1.29, 1.82) is 0 Å². The molecule has 3 saturated heterocycles. The van der Waals surface area contributed by atoms with Gasteiger partial charge in [0.2, 0.25) is 10.0 Å². The van der Waals surface area contributed by atoms with Crippen LogP contribution in [-0.2, 0) is 21.3 Å². The van der Waals surface area contributed by atoms with Crippen molar-refractivity contribution < 1.29 is 13.2 Å². The van der Waals surface area contributed by atoms with E-state index in [0.717, 1.165) is 76.5 Å². The Morgan fingerprint density at radius 1 is 1.13 bits per heavy atom. The molecule has 1 atom stereocenters. The number of benzene rings is 1. The summed E-state index contributed by atoms with van der Waals surface area (Å²) < 4.78 is 32.9. The predicted octanol–water partition coefficient (Wildman–Crippen LogP) is 3.06. The van der Waals surface area contributed by atoms with Crippen LogP contribution in [0.4, 0.5) is 0 Å². The van der Waals surface area contributed by atoms with Crippen LogP contribution < -0.4 is 5.32 Å². The van der Waals surface area contributed by atoms with Crippen LogP contribution in [0, 0.1) is 5.41 Å². The van der Waals surface area contributed by atoms with Gasteiger partial charge in [0.15, 0.2) is 5.96 Å². The fourth-order valence-corrected chi connectivity index (χ4v) is 6.22. The molecule has 0 aliphatic carbocycles. The maximum atomic E-state index is 12.8. The van der Waals surface area contributed by atoms with E-state index in [9.17, 15) is 8.42 Å². The number of rotatable bonds is 5. The van der Waals surface area contributed by atoms with Gasteiger partial charge in [-0.2, -0.15) is 4.31 Å². The van der Waals surface area contributed by atoms with Crippen LogP contribution in [0.15, 0.2) is 34.2 Å². The molecule has 0 bridgehead atoms. The number of likely N-dealkylation sites (tertiary alicyclic amines) is 1. The third kappa shape index (κ3) is 5.72. The zero-order valence-corrected chi connectivity index (χ0v) is 21.5. The number of sulfonamides is 1. The second-order valence-corrected chi connectivity index (χ2v) is 10.7. The maximum absolute atomic E-state index is 12.8. The van der Waals surface area contributed by atoms with E-state index in [1.165, 1.54) is 0 Å². The highest BCUT2D eigenvalue weighted by Crippen LogP contribution is 2.38. The normalized spacial score (nSPS) is 25.1. The van der Waals surface area contributed by atoms with Crippen molar-refractivity contribution >= 4 is 40.0 Å². The highest BCUT2D eigenvalue weighted by atomic mass is 127. The first-order valence-electron chi connectivity index (χ1n) is 11.2. The number of nitrogens with one attached hydrogen (secondary N) is 1. The smallest absolute Gasteiger partial charge is 0.243 e. The Hall–Kier alpha value is -0.910. The molecule has 0 aromatic heterocycles. The molecule has 174 valence electrons. The third-order valence-corrected chi connectivity index (χ3v) is 8.46. The zero-order valence-electron chi connectivity index (χ0n) is 18.4. The van der Waals surface area contributed by atoms with Gasteiger partial charge in [0.25, 0.3) is 0 Å². The lowest BCUT2D eigenvalue weighted by molar-refractivity contribution is 0.156. The third-order valence-electron chi connectivity index (χ3n) is 6.55. The predicted molar refractivity (Wildman–Crippen MR) is 133 cm³/mol. The number of hydrogen-bond acceptors (Lipinski definition) is 4. The van der Waals surface area contributed by atoms with Crippen molar-refractivity contribution in [2.24, 2.45) is 10.4 Å². The Kier molecular flexibility index (Phi) is 8.62. The summed E-state index contributed by atoms with van der Waals surface area (Å²) in [4.78, 5) is 7.55. The van der Waals surface area contributed by atoms with Crippen LogP contribution in [0.3, 0.4) is 0 Å². The van der Waals surface area contributed by atoms with E-state index in [1.54, 1.807) is 16.4 Å². The molecule has 9 heteroatoms. The van der Waals surface area contributed by atoms with Gasteiger partial charge in [-0.05, 0) is 50.3 Å². The minimum Gasteiger partial charge on any atom is -0.381 e. The van der Waals surface area contributed by atoms with Gasteiger partial charge < -0.3 is 15.0 Å². The van der Waals surface area contributed by atoms with E-state index in [4.69, 9.17) is 9.73 Å². The molecule has 3 heterocycles. The van der Waals surface area contributed by atoms with Gasteiger partial charge in [0.1, 0.15) is 0 Å². The number of nitrogens with zero attached hydrogens (tertiary/aromatic N) is 3. The summed E-state index contributed by atoms with van der Waals surface area (Å²) in [6.45, 7) is 8.42. The highest BCUT2D eigenvalue weighted by molar-refractivity contribution is 14.0. The molecule has 1 aromatic carbocycles. The average molecular weight is 563 g/mol. The van der Waals surface area contributed by atoms with Crippen LogP contribution in [-0.4, -0.2) is 69.5 Å². The van der Waals surface area contributed by atoms with E-state index < -0.39 is 10.0 Å². The fraction of sp³-hybridized carbons (Fsp3) is 0.682. The van der Waals surface area contributed by atoms with Gasteiger partial charge in [-0.15, -0.1) is 24.0 Å². The van der Waals surface area contributed by atoms with E-state index in [0.29, 0.717) is 29.9 Å². The molecule has 31 heavy (non-hydrogen) atoms. The Labute approximate surface area is 203 Å². The molecule has 3 aliphatic rings. The molecule has 3 fully saturated rings. The Morgan fingerprint density at radius 2 is 1.87 bits per heavy atom. The van der Waals surface area contributed by atoms with Crippen molar-refractivity contribution in [3.05, 3.63) is 29.8 Å². The quantitative estimate of drug-likeness (QED) is 0.340. The van der Waals surface area contributed by atoms with E-state index >= 15 is 0 Å². The maximum Gasteiger partial charge on any atom is 0.243 e. The molecule has 4 rings (SSSR count). The first kappa shape index (κ1) is 24.7. The summed E-state index contributed by atoms with van der Waals surface area (Å²) in [6.07, 6.45) is 5.30. The van der Waals surface area contributed by atoms with Crippen molar-refractivity contribution in [1.82, 2.24) is 14.5 Å². The van der Waals surface area contributed by atoms with Crippen LogP contribution in [0.2, 0.25) is 0 Å². The van der Waals surface area contributed by atoms with Gasteiger partial charge in [0, 0.05) is 44.7 Å². The Morgan fingerprint density at radius 3 is 2.52 bits per heavy atom. The van der Waals surface area contributed by atoms with Gasteiger partial charge in [-0.1, -0.05) is 18.6 Å². The van der Waals surface area contributed by atoms with Crippen molar-refractivity contribution in [3.63, 3.8) is 0 Å². The first-order chi connectivity index (χ1) is 14.5. The minimum absolute atomic E-state index is 0. The number of guanidine groups is 1. The molecule has 1 N–H and O–H groups in total. The van der Waals surface area contributed by atoms with E-state index in [1.807, 2.05) is 12.1 Å². The molecule has 0 radical (unpaired) electrons. The second kappa shape index (κ2) is 10.8. The van der Waals surface area contributed by atoms with E-state index in [-0.39, 0.29) is 24.0 Å². The summed E-state index contributed by atoms with van der Waals surface area (Å²) in [5, 5.41) is 3.41. The SMILES string of the molecule is CCNC(=NCc1ccc(S(=O)(=O)N2CCCCC2)cc1)N1CCC2(CCOC2)C1.I. The largest absolute Gasteiger partial charge is 0.381 e. The second-order valence-electron chi connectivity index (χ2n) is 8.75. The van der Waals surface area contributed by atoms with Crippen molar-refractivity contribution in [2.45, 2.75) is 50.5 Å². The lowest BCUT2D eigenvalue weighted by Gasteiger charge is -2.26. The lowest BCUT2D eigenvalue weighted by atomic mass is 9.87. The molecule has 1 unspecified atom stereocenters. The Bertz CT molecular complexity index is 848. The fourth-order valence-electron chi connectivity index (χ4n) is 4.70. The first-order valence-corrected chi connectivity index (χ1v) is 12.7. The van der Waals surface area contributed by atoms with Crippen LogP contribution in [0.5, 0.6) is 0 Å². The molecule has 0 amide bonds.